The lowest BCUT2D eigenvalue weighted by Gasteiger charge is -2.16. The van der Waals surface area contributed by atoms with Crippen molar-refractivity contribution in [3.63, 3.8) is 0 Å². The Morgan fingerprint density at radius 2 is 2.27 bits per heavy atom. The van der Waals surface area contributed by atoms with Gasteiger partial charge in [-0.15, -0.1) is 0 Å². The number of nitrogens with one attached hydrogen (secondary N) is 1. The summed E-state index contributed by atoms with van der Waals surface area (Å²) in [5, 5.41) is 0. The van der Waals surface area contributed by atoms with Crippen molar-refractivity contribution in [3.8, 4) is 0 Å². The fraction of sp³-hybridized carbons (Fsp3) is 0.333. The number of guanidine groups is 1. The van der Waals surface area contributed by atoms with Crippen molar-refractivity contribution >= 4 is 23.6 Å². The van der Waals surface area contributed by atoms with Gasteiger partial charge in [0.25, 0.3) is 0 Å². The van der Waals surface area contributed by atoms with Crippen LogP contribution in [0.5, 0.6) is 0 Å². The predicted molar refractivity (Wildman–Crippen MR) is 43.6 cm³/mol. The largest absolute Gasteiger partial charge is 0.380 e. The number of nitrogens with zero attached hydrogens (tertiary/aromatic N) is 3. The topological polar surface area (TPSA) is 36.8 Å². The Bertz CT molecular complexity index is 304. The Kier molecular flexibility index (Phi) is 1.14. The average molecular weight is 172 g/mol. The molecule has 0 bridgehead atoms. The standard InChI is InChI=1S/C6H8ClN4/c1-4-3-8-6-9-5(2)10-11(4,6)7/h3H,1-2H3,(H,8,9,10)/q+1. The summed E-state index contributed by atoms with van der Waals surface area (Å²) < 4.78 is 0.0197. The molecule has 0 aromatic carbocycles. The number of hydrogen-bond donors (Lipinski definition) is 1. The molecule has 1 N–H and O–H groups in total. The molecule has 0 fully saturated rings. The van der Waals surface area contributed by atoms with Crippen LogP contribution < -0.4 is 5.43 Å². The minimum absolute atomic E-state index is 0.0197. The van der Waals surface area contributed by atoms with Gasteiger partial charge in [0, 0.05) is 6.92 Å². The van der Waals surface area contributed by atoms with Crippen molar-refractivity contribution in [1.29, 1.82) is 0 Å². The van der Waals surface area contributed by atoms with Gasteiger partial charge in [-0.3, -0.25) is 0 Å². The SMILES string of the molecule is CC1=CN=C2N=C(C)N[N+]12Cl. The molecule has 1 unspecified atom stereocenters. The summed E-state index contributed by atoms with van der Waals surface area (Å²) >= 11 is 6.13. The number of halogens is 1. The number of quaternary nitrogens is 1. The van der Waals surface area contributed by atoms with Gasteiger partial charge in [0.2, 0.25) is 11.8 Å². The predicted octanol–water partition coefficient (Wildman–Crippen LogP) is 1.12. The van der Waals surface area contributed by atoms with Crippen molar-refractivity contribution in [3.05, 3.63) is 11.9 Å². The molecule has 0 saturated heterocycles. The smallest absolute Gasteiger partial charge is 0.192 e. The maximum Gasteiger partial charge on any atom is 0.380 e. The minimum atomic E-state index is 0.0197. The molecule has 0 aromatic rings. The van der Waals surface area contributed by atoms with E-state index in [9.17, 15) is 0 Å². The quantitative estimate of drug-likeness (QED) is 0.545. The first-order valence-corrected chi connectivity index (χ1v) is 3.65. The summed E-state index contributed by atoms with van der Waals surface area (Å²) in [5.74, 6) is 1.40. The van der Waals surface area contributed by atoms with E-state index in [4.69, 9.17) is 11.8 Å². The second kappa shape index (κ2) is 1.84. The zero-order valence-corrected chi connectivity index (χ0v) is 7.05. The molecule has 2 aliphatic heterocycles. The van der Waals surface area contributed by atoms with Crippen molar-refractivity contribution < 1.29 is 4.11 Å². The first-order valence-electron chi connectivity index (χ1n) is 3.31. The second-order valence-corrected chi connectivity index (χ2v) is 3.10. The zero-order valence-electron chi connectivity index (χ0n) is 6.30. The number of allylic oxidation sites excluding steroid dienone is 1. The molecule has 2 aliphatic rings. The number of hydrogen-bond acceptors (Lipinski definition) is 3. The molecule has 11 heavy (non-hydrogen) atoms. The molecule has 0 amide bonds. The van der Waals surface area contributed by atoms with Crippen LogP contribution in [0.25, 0.3) is 0 Å². The third-order valence-corrected chi connectivity index (χ3v) is 2.21. The normalized spacial score (nSPS) is 33.9. The Hall–Kier alpha value is -0.870. The maximum absolute atomic E-state index is 6.13. The first kappa shape index (κ1) is 6.82. The molecule has 1 atom stereocenters. The first-order chi connectivity index (χ1) is 5.13. The van der Waals surface area contributed by atoms with E-state index in [2.05, 4.69) is 15.4 Å². The van der Waals surface area contributed by atoms with Crippen LogP contribution in [0.4, 0.5) is 0 Å². The minimum Gasteiger partial charge on any atom is -0.192 e. The van der Waals surface area contributed by atoms with E-state index in [1.54, 1.807) is 6.20 Å². The summed E-state index contributed by atoms with van der Waals surface area (Å²) in [6, 6.07) is 0. The number of amidine groups is 1. The van der Waals surface area contributed by atoms with E-state index in [0.717, 1.165) is 11.5 Å². The monoisotopic (exact) mass is 171 g/mol. The van der Waals surface area contributed by atoms with Crippen LogP contribution in [0, 0.1) is 0 Å². The zero-order chi connectivity index (χ0) is 8.06. The van der Waals surface area contributed by atoms with Crippen LogP contribution in [0.15, 0.2) is 21.9 Å². The highest BCUT2D eigenvalue weighted by atomic mass is 35.5. The van der Waals surface area contributed by atoms with Crippen LogP contribution in [0.1, 0.15) is 13.8 Å². The van der Waals surface area contributed by atoms with Gasteiger partial charge in [0.15, 0.2) is 11.5 Å². The summed E-state index contributed by atoms with van der Waals surface area (Å²) in [4.78, 5) is 8.16. The van der Waals surface area contributed by atoms with E-state index in [-0.39, 0.29) is 4.11 Å². The van der Waals surface area contributed by atoms with Gasteiger partial charge in [0.1, 0.15) is 0 Å². The molecule has 2 heterocycles. The van der Waals surface area contributed by atoms with Crippen LogP contribution in [-0.4, -0.2) is 15.9 Å². The average Bonchev–Trinajstić information content (AvgIpc) is 2.32. The van der Waals surface area contributed by atoms with Gasteiger partial charge in [0.05, 0.1) is 6.20 Å². The third kappa shape index (κ3) is 0.735. The Balaban J connectivity index is 2.45. The molecule has 0 radical (unpaired) electrons. The lowest BCUT2D eigenvalue weighted by Crippen LogP contribution is -2.47. The number of rotatable bonds is 0. The summed E-state index contributed by atoms with van der Waals surface area (Å²) in [6.07, 6.45) is 1.71. The Morgan fingerprint density at radius 3 is 2.91 bits per heavy atom. The molecule has 0 spiro atoms. The Labute approximate surface area is 69.6 Å². The maximum atomic E-state index is 6.13. The van der Waals surface area contributed by atoms with E-state index in [1.807, 2.05) is 13.8 Å². The fourth-order valence-corrected chi connectivity index (χ4v) is 1.35. The van der Waals surface area contributed by atoms with Crippen LogP contribution in [0.2, 0.25) is 0 Å². The Morgan fingerprint density at radius 1 is 1.55 bits per heavy atom. The molecule has 0 aliphatic carbocycles. The highest BCUT2D eigenvalue weighted by Gasteiger charge is 2.46. The molecular weight excluding hydrogens is 164 g/mol. The summed E-state index contributed by atoms with van der Waals surface area (Å²) in [6.45, 7) is 3.76. The van der Waals surface area contributed by atoms with Crippen molar-refractivity contribution in [1.82, 2.24) is 5.43 Å². The summed E-state index contributed by atoms with van der Waals surface area (Å²) in [5.41, 5.74) is 3.93. The molecular formula is C6H8ClN4+. The van der Waals surface area contributed by atoms with Gasteiger partial charge >= 0.3 is 5.96 Å². The van der Waals surface area contributed by atoms with Crippen molar-refractivity contribution in [2.24, 2.45) is 9.98 Å². The molecule has 0 aromatic heterocycles. The van der Waals surface area contributed by atoms with Crippen LogP contribution in [0.3, 0.4) is 0 Å². The molecule has 58 valence electrons. The van der Waals surface area contributed by atoms with E-state index < -0.39 is 0 Å². The highest BCUT2D eigenvalue weighted by Crippen LogP contribution is 2.28. The van der Waals surface area contributed by atoms with Gasteiger partial charge in [-0.2, -0.15) is 15.4 Å². The van der Waals surface area contributed by atoms with Gasteiger partial charge in [-0.05, 0) is 11.0 Å². The third-order valence-electron chi connectivity index (χ3n) is 1.71. The molecule has 5 heteroatoms. The van der Waals surface area contributed by atoms with Gasteiger partial charge in [-0.25, -0.2) is 0 Å². The molecule has 4 nitrogen and oxygen atoms in total. The number of fused-ring (bicyclic) bond motifs is 1. The van der Waals surface area contributed by atoms with Crippen LogP contribution >= 0.6 is 11.8 Å². The van der Waals surface area contributed by atoms with Crippen molar-refractivity contribution in [2.45, 2.75) is 13.8 Å². The fourth-order valence-electron chi connectivity index (χ4n) is 1.10. The van der Waals surface area contributed by atoms with Crippen LogP contribution in [-0.2, 0) is 0 Å². The van der Waals surface area contributed by atoms with Gasteiger partial charge < -0.3 is 0 Å². The highest BCUT2D eigenvalue weighted by molar-refractivity contribution is 6.17. The van der Waals surface area contributed by atoms with E-state index in [1.165, 1.54) is 0 Å². The van der Waals surface area contributed by atoms with E-state index in [0.29, 0.717) is 5.96 Å². The van der Waals surface area contributed by atoms with E-state index >= 15 is 0 Å². The van der Waals surface area contributed by atoms with Crippen molar-refractivity contribution in [2.75, 3.05) is 0 Å². The molecule has 0 saturated carbocycles. The molecule has 2 rings (SSSR count). The van der Waals surface area contributed by atoms with Gasteiger partial charge in [-0.1, -0.05) is 0 Å². The summed E-state index contributed by atoms with van der Waals surface area (Å²) in [7, 11) is 0. The lowest BCUT2D eigenvalue weighted by molar-refractivity contribution is -0.709. The number of aliphatic imine (C=N–C) groups is 2. The second-order valence-electron chi connectivity index (χ2n) is 2.60. The lowest BCUT2D eigenvalue weighted by atomic mass is 10.5.